The first kappa shape index (κ1) is 22.6. The van der Waals surface area contributed by atoms with Crippen molar-refractivity contribution >= 4 is 45.2 Å². The van der Waals surface area contributed by atoms with Crippen molar-refractivity contribution in [2.75, 3.05) is 16.0 Å². The lowest BCUT2D eigenvalue weighted by Gasteiger charge is -2.12. The number of nitrogens with zero attached hydrogens (tertiary/aromatic N) is 3. The summed E-state index contributed by atoms with van der Waals surface area (Å²) in [7, 11) is 0. The molecule has 1 amide bonds. The van der Waals surface area contributed by atoms with Gasteiger partial charge in [-0.2, -0.15) is 5.26 Å². The third-order valence-corrected chi connectivity index (χ3v) is 5.60. The van der Waals surface area contributed by atoms with Gasteiger partial charge in [-0.15, -0.1) is 0 Å². The van der Waals surface area contributed by atoms with Crippen molar-refractivity contribution in [3.8, 4) is 6.07 Å². The van der Waals surface area contributed by atoms with Crippen molar-refractivity contribution in [1.29, 1.82) is 5.26 Å². The number of fused-ring (bicyclic) bond motifs is 1. The van der Waals surface area contributed by atoms with Crippen LogP contribution in [0.5, 0.6) is 0 Å². The Morgan fingerprint density at radius 1 is 0.778 bits per heavy atom. The molecule has 2 aromatic heterocycles. The molecule has 0 atom stereocenters. The molecule has 3 N–H and O–H groups in total. The van der Waals surface area contributed by atoms with Crippen LogP contribution in [0.15, 0.2) is 97.5 Å². The van der Waals surface area contributed by atoms with Crippen LogP contribution in [-0.2, 0) is 0 Å². The van der Waals surface area contributed by atoms with Crippen LogP contribution in [0.3, 0.4) is 0 Å². The van der Waals surface area contributed by atoms with Gasteiger partial charge in [-0.25, -0.2) is 0 Å². The maximum atomic E-state index is 12.9. The summed E-state index contributed by atoms with van der Waals surface area (Å²) in [6, 6.07) is 26.3. The summed E-state index contributed by atoms with van der Waals surface area (Å²) in [4.78, 5) is 21.3. The number of hydrogen-bond acceptors (Lipinski definition) is 6. The van der Waals surface area contributed by atoms with Crippen molar-refractivity contribution in [2.24, 2.45) is 0 Å². The van der Waals surface area contributed by atoms with Gasteiger partial charge in [-0.3, -0.25) is 14.8 Å². The molecule has 0 saturated heterocycles. The molecule has 0 saturated carbocycles. The van der Waals surface area contributed by atoms with E-state index in [1.54, 1.807) is 36.8 Å². The van der Waals surface area contributed by atoms with Crippen molar-refractivity contribution in [3.05, 3.63) is 114 Å². The largest absolute Gasteiger partial charge is 0.355 e. The monoisotopic (exact) mass is 470 g/mol. The quantitative estimate of drug-likeness (QED) is 0.260. The second kappa shape index (κ2) is 9.95. The Kier molecular flexibility index (Phi) is 6.24. The van der Waals surface area contributed by atoms with Gasteiger partial charge in [0.25, 0.3) is 5.91 Å². The van der Waals surface area contributed by atoms with Gasteiger partial charge >= 0.3 is 0 Å². The minimum atomic E-state index is -0.199. The Morgan fingerprint density at radius 2 is 1.53 bits per heavy atom. The van der Waals surface area contributed by atoms with Gasteiger partial charge in [0.2, 0.25) is 0 Å². The van der Waals surface area contributed by atoms with Crippen LogP contribution >= 0.6 is 0 Å². The van der Waals surface area contributed by atoms with Gasteiger partial charge in [0, 0.05) is 58.0 Å². The molecule has 5 aromatic rings. The first-order valence-electron chi connectivity index (χ1n) is 11.3. The molecule has 0 aliphatic rings. The highest BCUT2D eigenvalue weighted by atomic mass is 16.1. The maximum absolute atomic E-state index is 12.9. The second-order valence-corrected chi connectivity index (χ2v) is 8.31. The number of hydrogen-bond donors (Lipinski definition) is 3. The van der Waals surface area contributed by atoms with Crippen molar-refractivity contribution < 1.29 is 4.79 Å². The molecule has 2 heterocycles. The Bertz CT molecular complexity index is 1590. The second-order valence-electron chi connectivity index (χ2n) is 8.31. The topological polar surface area (TPSA) is 103 Å². The fourth-order valence-electron chi connectivity index (χ4n) is 3.92. The van der Waals surface area contributed by atoms with E-state index >= 15 is 0 Å². The number of rotatable bonds is 6. The van der Waals surface area contributed by atoms with E-state index < -0.39 is 0 Å². The fraction of sp³-hybridized carbons (Fsp3) is 0.0345. The SMILES string of the molecule is Cc1cc(NC(=O)c2ccc(Nc3ccnc4ccc(C#N)cc34)cc2)cc(Nc2ccncc2)c1. The summed E-state index contributed by atoms with van der Waals surface area (Å²) in [6.45, 7) is 1.98. The number of nitrogens with one attached hydrogen (secondary N) is 3. The van der Waals surface area contributed by atoms with E-state index in [1.807, 2.05) is 67.6 Å². The van der Waals surface area contributed by atoms with Gasteiger partial charge in [0.1, 0.15) is 0 Å². The number of amides is 1. The van der Waals surface area contributed by atoms with Gasteiger partial charge in [-0.1, -0.05) is 0 Å². The average molecular weight is 471 g/mol. The summed E-state index contributed by atoms with van der Waals surface area (Å²) in [6.07, 6.45) is 5.16. The number of nitriles is 1. The minimum Gasteiger partial charge on any atom is -0.355 e. The van der Waals surface area contributed by atoms with E-state index in [9.17, 15) is 10.1 Å². The average Bonchev–Trinajstić information content (AvgIpc) is 2.89. The highest BCUT2D eigenvalue weighted by molar-refractivity contribution is 6.05. The van der Waals surface area contributed by atoms with Crippen LogP contribution in [0.25, 0.3) is 10.9 Å². The molecular formula is C29H22N6O. The van der Waals surface area contributed by atoms with Crippen LogP contribution < -0.4 is 16.0 Å². The highest BCUT2D eigenvalue weighted by Gasteiger charge is 2.09. The van der Waals surface area contributed by atoms with Gasteiger partial charge < -0.3 is 16.0 Å². The standard InChI is InChI=1S/C29H22N6O/c1-19-14-24(33-23-8-11-31-12-9-23)17-25(15-19)35-29(36)21-3-5-22(6-4-21)34-28-10-13-32-27-7-2-20(18-30)16-26(27)28/h2-17H,1H3,(H,31,33)(H,32,34)(H,35,36). The first-order valence-corrected chi connectivity index (χ1v) is 11.3. The molecule has 5 rings (SSSR count). The van der Waals surface area contributed by atoms with Crippen LogP contribution in [0.1, 0.15) is 21.5 Å². The predicted octanol–water partition coefficient (Wildman–Crippen LogP) is 6.55. The molecule has 36 heavy (non-hydrogen) atoms. The zero-order chi connectivity index (χ0) is 24.9. The van der Waals surface area contributed by atoms with Crippen LogP contribution in [0, 0.1) is 18.3 Å². The Balaban J connectivity index is 1.30. The van der Waals surface area contributed by atoms with Gasteiger partial charge in [0.05, 0.1) is 17.1 Å². The molecule has 3 aromatic carbocycles. The molecule has 0 fully saturated rings. The molecule has 174 valence electrons. The Morgan fingerprint density at radius 3 is 2.31 bits per heavy atom. The van der Waals surface area contributed by atoms with Crippen molar-refractivity contribution in [1.82, 2.24) is 9.97 Å². The van der Waals surface area contributed by atoms with E-state index in [-0.39, 0.29) is 5.91 Å². The summed E-state index contributed by atoms with van der Waals surface area (Å²) in [5.74, 6) is -0.199. The van der Waals surface area contributed by atoms with E-state index in [2.05, 4.69) is 32.0 Å². The molecular weight excluding hydrogens is 448 g/mol. The lowest BCUT2D eigenvalue weighted by molar-refractivity contribution is 0.102. The molecule has 0 spiro atoms. The van der Waals surface area contributed by atoms with E-state index in [1.165, 1.54) is 0 Å². The Labute approximate surface area is 208 Å². The molecule has 7 heteroatoms. The summed E-state index contributed by atoms with van der Waals surface area (Å²) < 4.78 is 0. The van der Waals surface area contributed by atoms with E-state index in [0.717, 1.165) is 39.2 Å². The number of carbonyl (C=O) groups is 1. The lowest BCUT2D eigenvalue weighted by Crippen LogP contribution is -2.12. The number of benzene rings is 3. The summed E-state index contributed by atoms with van der Waals surface area (Å²) in [5.41, 5.74) is 7.08. The number of anilines is 5. The molecule has 0 unspecified atom stereocenters. The Hall–Kier alpha value is -5.22. The van der Waals surface area contributed by atoms with E-state index in [4.69, 9.17) is 0 Å². The van der Waals surface area contributed by atoms with Crippen LogP contribution in [-0.4, -0.2) is 15.9 Å². The van der Waals surface area contributed by atoms with Gasteiger partial charge in [0.15, 0.2) is 0 Å². The molecule has 0 aliphatic carbocycles. The summed E-state index contributed by atoms with van der Waals surface area (Å²) >= 11 is 0. The van der Waals surface area contributed by atoms with Gasteiger partial charge in [-0.05, 0) is 91.3 Å². The highest BCUT2D eigenvalue weighted by Crippen LogP contribution is 2.27. The van der Waals surface area contributed by atoms with E-state index in [0.29, 0.717) is 16.8 Å². The zero-order valence-electron chi connectivity index (χ0n) is 19.5. The zero-order valence-corrected chi connectivity index (χ0v) is 19.5. The predicted molar refractivity (Wildman–Crippen MR) is 143 cm³/mol. The van der Waals surface area contributed by atoms with Crippen molar-refractivity contribution in [3.63, 3.8) is 0 Å². The molecule has 7 nitrogen and oxygen atoms in total. The van der Waals surface area contributed by atoms with Crippen LogP contribution in [0.4, 0.5) is 28.4 Å². The van der Waals surface area contributed by atoms with Crippen LogP contribution in [0.2, 0.25) is 0 Å². The normalized spacial score (nSPS) is 10.4. The molecule has 0 aliphatic heterocycles. The molecule has 0 bridgehead atoms. The maximum Gasteiger partial charge on any atom is 0.255 e. The number of carbonyl (C=O) groups excluding carboxylic acids is 1. The first-order chi connectivity index (χ1) is 17.6. The third kappa shape index (κ3) is 5.13. The number of pyridine rings is 2. The number of aromatic nitrogens is 2. The number of aryl methyl sites for hydroxylation is 1. The third-order valence-electron chi connectivity index (χ3n) is 5.60. The lowest BCUT2D eigenvalue weighted by atomic mass is 10.1. The molecule has 0 radical (unpaired) electrons. The van der Waals surface area contributed by atoms with Crippen molar-refractivity contribution in [2.45, 2.75) is 6.92 Å². The smallest absolute Gasteiger partial charge is 0.255 e. The summed E-state index contributed by atoms with van der Waals surface area (Å²) in [5, 5.41) is 19.7. The minimum absolute atomic E-state index is 0.199. The fourth-order valence-corrected chi connectivity index (χ4v) is 3.92.